The van der Waals surface area contributed by atoms with Crippen LogP contribution in [0, 0.1) is 6.07 Å². The molecule has 0 saturated heterocycles. The largest absolute Gasteiger partial charge is 0.268 e. The molecule has 1 aromatic rings. The summed E-state index contributed by atoms with van der Waals surface area (Å²) in [6.07, 6.45) is 3.44. The Bertz CT molecular complexity index is 187. The minimum Gasteiger partial charge on any atom is -0.268 e. The smallest absolute Gasteiger partial charge is 0.0614 e. The van der Waals surface area contributed by atoms with E-state index in [2.05, 4.69) is 17.7 Å². The van der Waals surface area contributed by atoms with Crippen LogP contribution in [-0.2, 0) is 6.54 Å². The highest BCUT2D eigenvalue weighted by atomic mass is 15.3. The predicted octanol–water partition coefficient (Wildman–Crippen LogP) is 1.26. The maximum Gasteiger partial charge on any atom is 0.0614 e. The molecule has 0 atom stereocenters. The van der Waals surface area contributed by atoms with Crippen molar-refractivity contribution in [3.8, 4) is 0 Å². The summed E-state index contributed by atoms with van der Waals surface area (Å²) in [5.74, 6) is 0. The molecule has 2 nitrogen and oxygen atoms in total. The van der Waals surface area contributed by atoms with E-state index in [0.29, 0.717) is 0 Å². The molecule has 0 saturated carbocycles. The highest BCUT2D eigenvalue weighted by Gasteiger charge is 1.87. The molecule has 0 spiro atoms. The van der Waals surface area contributed by atoms with Crippen LogP contribution in [-0.4, -0.2) is 9.78 Å². The van der Waals surface area contributed by atoms with Gasteiger partial charge in [-0.25, -0.2) is 0 Å². The lowest BCUT2D eigenvalue weighted by Crippen LogP contribution is -1.97. The van der Waals surface area contributed by atoms with E-state index in [9.17, 15) is 0 Å². The second kappa shape index (κ2) is 2.49. The summed E-state index contributed by atoms with van der Waals surface area (Å²) in [5.41, 5.74) is 1.10. The third kappa shape index (κ3) is 1.72. The van der Waals surface area contributed by atoms with Crippen molar-refractivity contribution in [3.05, 3.63) is 30.6 Å². The molecule has 2 heteroatoms. The molecule has 1 aromatic heterocycles. The molecule has 0 aliphatic carbocycles. The van der Waals surface area contributed by atoms with Gasteiger partial charge in [0.2, 0.25) is 0 Å². The fourth-order valence-corrected chi connectivity index (χ4v) is 0.623. The fraction of sp³-hybridized carbons (Fsp3) is 0.286. The van der Waals surface area contributed by atoms with Crippen molar-refractivity contribution in [1.29, 1.82) is 0 Å². The average molecular weight is 121 g/mol. The average Bonchev–Trinajstić information content (AvgIpc) is 2.15. The molecular formula is C7H9N2. The number of nitrogens with zero attached hydrogens (tertiary/aromatic N) is 2. The third-order valence-corrected chi connectivity index (χ3v) is 0.936. The maximum atomic E-state index is 3.96. The van der Waals surface area contributed by atoms with Crippen LogP contribution in [0.4, 0.5) is 0 Å². The number of aromatic nitrogens is 2. The van der Waals surface area contributed by atoms with Crippen LogP contribution in [0.3, 0.4) is 0 Å². The summed E-state index contributed by atoms with van der Waals surface area (Å²) in [7, 11) is 0. The lowest BCUT2D eigenvalue weighted by atomic mass is 10.4. The lowest BCUT2D eigenvalue weighted by molar-refractivity contribution is 0.679. The van der Waals surface area contributed by atoms with Crippen molar-refractivity contribution < 1.29 is 0 Å². The molecule has 0 aliphatic heterocycles. The second-order valence-corrected chi connectivity index (χ2v) is 2.10. The third-order valence-electron chi connectivity index (χ3n) is 0.936. The summed E-state index contributed by atoms with van der Waals surface area (Å²) < 4.78 is 1.79. The Kier molecular flexibility index (Phi) is 1.68. The summed E-state index contributed by atoms with van der Waals surface area (Å²) in [6.45, 7) is 6.52. The van der Waals surface area contributed by atoms with Crippen LogP contribution in [0.25, 0.3) is 0 Å². The van der Waals surface area contributed by atoms with Gasteiger partial charge in [0.05, 0.1) is 12.7 Å². The monoisotopic (exact) mass is 121 g/mol. The van der Waals surface area contributed by atoms with Gasteiger partial charge in [-0.2, -0.15) is 5.10 Å². The van der Waals surface area contributed by atoms with Crippen LogP contribution in [0.15, 0.2) is 24.5 Å². The molecule has 47 valence electrons. The molecule has 0 unspecified atom stereocenters. The van der Waals surface area contributed by atoms with E-state index in [1.54, 1.807) is 17.1 Å². The Morgan fingerprint density at radius 3 is 3.11 bits per heavy atom. The first-order valence-corrected chi connectivity index (χ1v) is 2.82. The Morgan fingerprint density at radius 1 is 1.89 bits per heavy atom. The molecular weight excluding hydrogens is 112 g/mol. The Hall–Kier alpha value is -1.05. The molecule has 1 heterocycles. The van der Waals surface area contributed by atoms with Gasteiger partial charge in [0.15, 0.2) is 0 Å². The van der Waals surface area contributed by atoms with Crippen molar-refractivity contribution in [1.82, 2.24) is 9.78 Å². The fourth-order valence-electron chi connectivity index (χ4n) is 0.623. The van der Waals surface area contributed by atoms with E-state index < -0.39 is 0 Å². The van der Waals surface area contributed by atoms with Gasteiger partial charge in [0.25, 0.3) is 0 Å². The first-order chi connectivity index (χ1) is 4.29. The number of hydrogen-bond acceptors (Lipinski definition) is 1. The van der Waals surface area contributed by atoms with E-state index >= 15 is 0 Å². The van der Waals surface area contributed by atoms with Gasteiger partial charge in [-0.05, 0) is 6.92 Å². The molecule has 0 aromatic carbocycles. The zero-order chi connectivity index (χ0) is 6.69. The van der Waals surface area contributed by atoms with Crippen LogP contribution in [0.2, 0.25) is 0 Å². The van der Waals surface area contributed by atoms with Gasteiger partial charge in [0.1, 0.15) is 0 Å². The molecule has 0 N–H and O–H groups in total. The highest BCUT2D eigenvalue weighted by Crippen LogP contribution is 1.91. The molecule has 0 bridgehead atoms. The van der Waals surface area contributed by atoms with Crippen molar-refractivity contribution in [2.75, 3.05) is 0 Å². The van der Waals surface area contributed by atoms with Crippen molar-refractivity contribution >= 4 is 0 Å². The van der Waals surface area contributed by atoms with Gasteiger partial charge in [-0.3, -0.25) is 4.68 Å². The van der Waals surface area contributed by atoms with E-state index in [1.165, 1.54) is 0 Å². The van der Waals surface area contributed by atoms with Gasteiger partial charge in [-0.1, -0.05) is 12.2 Å². The van der Waals surface area contributed by atoms with Crippen molar-refractivity contribution in [2.45, 2.75) is 13.5 Å². The topological polar surface area (TPSA) is 17.8 Å². The molecule has 9 heavy (non-hydrogen) atoms. The Labute approximate surface area is 54.8 Å². The maximum absolute atomic E-state index is 3.96. The number of hydrogen-bond donors (Lipinski definition) is 0. The lowest BCUT2D eigenvalue weighted by Gasteiger charge is -1.96. The van der Waals surface area contributed by atoms with Crippen LogP contribution >= 0.6 is 0 Å². The van der Waals surface area contributed by atoms with E-state index in [0.717, 1.165) is 12.1 Å². The predicted molar refractivity (Wildman–Crippen MR) is 35.9 cm³/mol. The summed E-state index contributed by atoms with van der Waals surface area (Å²) in [5, 5.41) is 3.96. The standard InChI is InChI=1S/C7H9N2/c1-7(2)6-9-5-3-4-8-9/h4-5H,1,6H2,2H3. The number of allylic oxidation sites excluding steroid dienone is 1. The zero-order valence-electron chi connectivity index (χ0n) is 5.46. The Balaban J connectivity index is 2.58. The quantitative estimate of drug-likeness (QED) is 0.538. The molecule has 0 amide bonds. The minimum atomic E-state index is 0.795. The number of rotatable bonds is 2. The first-order valence-electron chi connectivity index (χ1n) is 2.82. The van der Waals surface area contributed by atoms with Crippen LogP contribution < -0.4 is 0 Å². The minimum absolute atomic E-state index is 0.795. The highest BCUT2D eigenvalue weighted by molar-refractivity contribution is 4.89. The van der Waals surface area contributed by atoms with E-state index in [1.807, 2.05) is 6.92 Å². The van der Waals surface area contributed by atoms with Gasteiger partial charge < -0.3 is 0 Å². The molecule has 1 radical (unpaired) electrons. The summed E-state index contributed by atoms with van der Waals surface area (Å²) >= 11 is 0. The normalized spacial score (nSPS) is 9.44. The summed E-state index contributed by atoms with van der Waals surface area (Å²) in [4.78, 5) is 0. The van der Waals surface area contributed by atoms with Crippen molar-refractivity contribution in [2.24, 2.45) is 0 Å². The molecule has 1 rings (SSSR count). The summed E-state index contributed by atoms with van der Waals surface area (Å²) in [6, 6.07) is 2.85. The second-order valence-electron chi connectivity index (χ2n) is 2.10. The molecule has 0 fully saturated rings. The SMILES string of the molecule is C=C(C)Cn1c[c]cn1. The van der Waals surface area contributed by atoms with E-state index in [-0.39, 0.29) is 0 Å². The van der Waals surface area contributed by atoms with E-state index in [4.69, 9.17) is 0 Å². The van der Waals surface area contributed by atoms with Gasteiger partial charge in [0, 0.05) is 12.3 Å². The van der Waals surface area contributed by atoms with Crippen molar-refractivity contribution in [3.63, 3.8) is 0 Å². The van der Waals surface area contributed by atoms with Crippen LogP contribution in [0.5, 0.6) is 0 Å². The Morgan fingerprint density at radius 2 is 2.67 bits per heavy atom. The zero-order valence-corrected chi connectivity index (χ0v) is 5.46. The molecule has 0 aliphatic rings. The first kappa shape index (κ1) is 6.08. The van der Waals surface area contributed by atoms with Gasteiger partial charge >= 0.3 is 0 Å². The van der Waals surface area contributed by atoms with Gasteiger partial charge in [-0.15, -0.1) is 0 Å². The van der Waals surface area contributed by atoms with Crippen LogP contribution in [0.1, 0.15) is 6.92 Å².